The van der Waals surface area contributed by atoms with Crippen LogP contribution in [0.2, 0.25) is 0 Å². The van der Waals surface area contributed by atoms with Crippen molar-refractivity contribution in [2.45, 2.75) is 18.4 Å². The van der Waals surface area contributed by atoms with Gasteiger partial charge in [0, 0.05) is 33.2 Å². The van der Waals surface area contributed by atoms with E-state index in [4.69, 9.17) is 9.47 Å². The Morgan fingerprint density at radius 2 is 2.05 bits per heavy atom. The maximum absolute atomic E-state index is 12.5. The summed E-state index contributed by atoms with van der Waals surface area (Å²) in [5.74, 6) is 0.190. The number of nitrogens with one attached hydrogen (secondary N) is 1. The Balaban J connectivity index is 1.73. The first kappa shape index (κ1) is 14.7. The lowest BCUT2D eigenvalue weighted by atomic mass is 9.93. The van der Waals surface area contributed by atoms with E-state index >= 15 is 0 Å². The standard InChI is InChI=1S/C15H18N4O3/c1-21-15(7-9-22-10-8-15)14(20)16-13-11-19(18-17-13)12-5-3-2-4-6-12/h2-6,11H,7-10H2,1H3,(H,16,20). The number of methoxy groups -OCH3 is 1. The van der Waals surface area contributed by atoms with Crippen molar-refractivity contribution in [2.75, 3.05) is 25.6 Å². The van der Waals surface area contributed by atoms with Gasteiger partial charge in [-0.2, -0.15) is 0 Å². The van der Waals surface area contributed by atoms with Gasteiger partial charge in [-0.3, -0.25) is 4.79 Å². The molecule has 116 valence electrons. The Morgan fingerprint density at radius 1 is 1.32 bits per heavy atom. The van der Waals surface area contributed by atoms with Crippen molar-refractivity contribution in [2.24, 2.45) is 0 Å². The van der Waals surface area contributed by atoms with Crippen molar-refractivity contribution in [3.8, 4) is 5.69 Å². The SMILES string of the molecule is COC1(C(=O)Nc2cn(-c3ccccc3)nn2)CCOCC1. The molecule has 0 atom stereocenters. The summed E-state index contributed by atoms with van der Waals surface area (Å²) in [6.07, 6.45) is 2.74. The zero-order chi connectivity index (χ0) is 15.4. The molecule has 1 fully saturated rings. The highest BCUT2D eigenvalue weighted by Crippen LogP contribution is 2.26. The van der Waals surface area contributed by atoms with Gasteiger partial charge in [0.25, 0.3) is 5.91 Å². The summed E-state index contributed by atoms with van der Waals surface area (Å²) in [5.41, 5.74) is 0.0254. The van der Waals surface area contributed by atoms with Crippen LogP contribution >= 0.6 is 0 Å². The van der Waals surface area contributed by atoms with Gasteiger partial charge in [0.15, 0.2) is 11.4 Å². The second-order valence-electron chi connectivity index (χ2n) is 5.15. The number of benzene rings is 1. The van der Waals surface area contributed by atoms with E-state index < -0.39 is 5.60 Å². The zero-order valence-electron chi connectivity index (χ0n) is 12.4. The number of hydrogen-bond acceptors (Lipinski definition) is 5. The van der Waals surface area contributed by atoms with Crippen LogP contribution in [0.25, 0.3) is 5.69 Å². The maximum atomic E-state index is 12.5. The molecule has 1 N–H and O–H groups in total. The minimum absolute atomic E-state index is 0.210. The molecule has 2 aromatic rings. The zero-order valence-corrected chi connectivity index (χ0v) is 12.4. The van der Waals surface area contributed by atoms with E-state index in [0.717, 1.165) is 5.69 Å². The maximum Gasteiger partial charge on any atom is 0.258 e. The number of carbonyl (C=O) groups is 1. The van der Waals surface area contributed by atoms with Crippen LogP contribution in [0, 0.1) is 0 Å². The lowest BCUT2D eigenvalue weighted by molar-refractivity contribution is -0.149. The summed E-state index contributed by atoms with van der Waals surface area (Å²) in [7, 11) is 1.55. The second kappa shape index (κ2) is 6.25. The van der Waals surface area contributed by atoms with Crippen molar-refractivity contribution >= 4 is 11.7 Å². The van der Waals surface area contributed by atoms with Crippen LogP contribution in [0.5, 0.6) is 0 Å². The molecule has 3 rings (SSSR count). The van der Waals surface area contributed by atoms with E-state index in [9.17, 15) is 4.79 Å². The van der Waals surface area contributed by atoms with Crippen molar-refractivity contribution in [1.29, 1.82) is 0 Å². The highest BCUT2D eigenvalue weighted by Gasteiger charge is 2.40. The third-order valence-electron chi connectivity index (χ3n) is 3.86. The summed E-state index contributed by atoms with van der Waals surface area (Å²) < 4.78 is 12.4. The van der Waals surface area contributed by atoms with E-state index in [1.165, 1.54) is 0 Å². The van der Waals surface area contributed by atoms with Gasteiger partial charge in [0.2, 0.25) is 0 Å². The van der Waals surface area contributed by atoms with Crippen LogP contribution in [0.4, 0.5) is 5.82 Å². The van der Waals surface area contributed by atoms with Gasteiger partial charge in [0.05, 0.1) is 11.9 Å². The molecule has 2 heterocycles. The molecule has 1 amide bonds. The van der Waals surface area contributed by atoms with Crippen molar-refractivity contribution in [3.63, 3.8) is 0 Å². The molecule has 0 saturated carbocycles. The number of para-hydroxylation sites is 1. The molecule has 22 heavy (non-hydrogen) atoms. The average molecular weight is 302 g/mol. The summed E-state index contributed by atoms with van der Waals surface area (Å²) in [5, 5.41) is 10.8. The van der Waals surface area contributed by atoms with Crippen molar-refractivity contribution in [1.82, 2.24) is 15.0 Å². The highest BCUT2D eigenvalue weighted by molar-refractivity contribution is 5.96. The molecule has 0 bridgehead atoms. The van der Waals surface area contributed by atoms with Crippen LogP contribution in [0.15, 0.2) is 36.5 Å². The quantitative estimate of drug-likeness (QED) is 0.923. The van der Waals surface area contributed by atoms with Crippen LogP contribution < -0.4 is 5.32 Å². The van der Waals surface area contributed by atoms with E-state index in [1.54, 1.807) is 18.0 Å². The molecule has 1 saturated heterocycles. The molecular formula is C15H18N4O3. The third kappa shape index (κ3) is 2.86. The number of hydrogen-bond donors (Lipinski definition) is 1. The van der Waals surface area contributed by atoms with Gasteiger partial charge in [-0.15, -0.1) is 5.10 Å². The third-order valence-corrected chi connectivity index (χ3v) is 3.86. The molecule has 1 aromatic carbocycles. The lowest BCUT2D eigenvalue weighted by Crippen LogP contribution is -2.48. The smallest absolute Gasteiger partial charge is 0.258 e. The lowest BCUT2D eigenvalue weighted by Gasteiger charge is -2.33. The van der Waals surface area contributed by atoms with Crippen molar-refractivity contribution < 1.29 is 14.3 Å². The summed E-state index contributed by atoms with van der Waals surface area (Å²) >= 11 is 0. The first-order valence-electron chi connectivity index (χ1n) is 7.16. The van der Waals surface area contributed by atoms with E-state index in [1.807, 2.05) is 30.3 Å². The Morgan fingerprint density at radius 3 is 2.73 bits per heavy atom. The first-order chi connectivity index (χ1) is 10.7. The van der Waals surface area contributed by atoms with Crippen LogP contribution in [-0.4, -0.2) is 46.8 Å². The number of nitrogens with zero attached hydrogens (tertiary/aromatic N) is 3. The minimum atomic E-state index is -0.852. The monoisotopic (exact) mass is 302 g/mol. The molecular weight excluding hydrogens is 284 g/mol. The fourth-order valence-electron chi connectivity index (χ4n) is 2.48. The Kier molecular flexibility index (Phi) is 4.17. The summed E-state index contributed by atoms with van der Waals surface area (Å²) in [6.45, 7) is 1.02. The fourth-order valence-corrected chi connectivity index (χ4v) is 2.48. The minimum Gasteiger partial charge on any atom is -0.381 e. The molecule has 7 heteroatoms. The highest BCUT2D eigenvalue weighted by atomic mass is 16.5. The van der Waals surface area contributed by atoms with Gasteiger partial charge in [-0.05, 0) is 12.1 Å². The summed E-state index contributed by atoms with van der Waals surface area (Å²) in [6, 6.07) is 9.58. The molecule has 0 aliphatic carbocycles. The molecule has 1 aliphatic heterocycles. The molecule has 0 radical (unpaired) electrons. The predicted octanol–water partition coefficient (Wildman–Crippen LogP) is 1.40. The first-order valence-corrected chi connectivity index (χ1v) is 7.16. The predicted molar refractivity (Wildman–Crippen MR) is 79.8 cm³/mol. The number of rotatable bonds is 4. The normalized spacial score (nSPS) is 17.1. The number of ether oxygens (including phenoxy) is 2. The van der Waals surface area contributed by atoms with Gasteiger partial charge >= 0.3 is 0 Å². The van der Waals surface area contributed by atoms with E-state index in [-0.39, 0.29) is 5.91 Å². The number of amides is 1. The van der Waals surface area contributed by atoms with Gasteiger partial charge in [-0.25, -0.2) is 4.68 Å². The largest absolute Gasteiger partial charge is 0.381 e. The molecule has 1 aliphatic rings. The van der Waals surface area contributed by atoms with Crippen molar-refractivity contribution in [3.05, 3.63) is 36.5 Å². The molecule has 1 aromatic heterocycles. The topological polar surface area (TPSA) is 78.3 Å². The van der Waals surface area contributed by atoms with E-state index in [2.05, 4.69) is 15.6 Å². The second-order valence-corrected chi connectivity index (χ2v) is 5.15. The molecule has 7 nitrogen and oxygen atoms in total. The summed E-state index contributed by atoms with van der Waals surface area (Å²) in [4.78, 5) is 12.5. The van der Waals surface area contributed by atoms with Crippen LogP contribution in [0.1, 0.15) is 12.8 Å². The van der Waals surface area contributed by atoms with Gasteiger partial charge < -0.3 is 14.8 Å². The molecule has 0 unspecified atom stereocenters. The Bertz CT molecular complexity index is 635. The fraction of sp³-hybridized carbons (Fsp3) is 0.400. The Labute approximate surface area is 128 Å². The number of aromatic nitrogens is 3. The number of anilines is 1. The molecule has 0 spiro atoms. The van der Waals surface area contributed by atoms with Crippen LogP contribution in [-0.2, 0) is 14.3 Å². The Hall–Kier alpha value is -2.25. The van der Waals surface area contributed by atoms with E-state index in [0.29, 0.717) is 31.9 Å². The van der Waals surface area contributed by atoms with Gasteiger partial charge in [-0.1, -0.05) is 23.4 Å². The number of carbonyl (C=O) groups excluding carboxylic acids is 1. The van der Waals surface area contributed by atoms with Crippen LogP contribution in [0.3, 0.4) is 0 Å². The van der Waals surface area contributed by atoms with Gasteiger partial charge in [0.1, 0.15) is 0 Å². The average Bonchev–Trinajstić information content (AvgIpc) is 3.05.